The fourth-order valence-corrected chi connectivity index (χ4v) is 3.43. The Labute approximate surface area is 159 Å². The minimum atomic E-state index is -0.377. The number of nitrogens with one attached hydrogen (secondary N) is 1. The van der Waals surface area contributed by atoms with Crippen LogP contribution in [0.25, 0.3) is 11.0 Å². The van der Waals surface area contributed by atoms with E-state index in [9.17, 15) is 9.59 Å². The van der Waals surface area contributed by atoms with Gasteiger partial charge in [-0.2, -0.15) is 0 Å². The Morgan fingerprint density at radius 3 is 2.85 bits per heavy atom. The highest BCUT2D eigenvalue weighted by Gasteiger charge is 2.11. The molecule has 0 saturated carbocycles. The lowest BCUT2D eigenvalue weighted by atomic mass is 9.97. The van der Waals surface area contributed by atoms with E-state index in [0.29, 0.717) is 17.9 Å². The first-order chi connectivity index (χ1) is 13.0. The van der Waals surface area contributed by atoms with Gasteiger partial charge in [-0.25, -0.2) is 4.79 Å². The lowest BCUT2D eigenvalue weighted by Gasteiger charge is -2.13. The van der Waals surface area contributed by atoms with Gasteiger partial charge in [0, 0.05) is 24.1 Å². The number of fused-ring (bicyclic) bond motifs is 1. The molecule has 1 aliphatic rings. The van der Waals surface area contributed by atoms with E-state index in [0.717, 1.165) is 30.2 Å². The van der Waals surface area contributed by atoms with Crippen molar-refractivity contribution in [3.8, 4) is 5.75 Å². The molecule has 0 saturated heterocycles. The van der Waals surface area contributed by atoms with Crippen LogP contribution < -0.4 is 15.7 Å². The smallest absolute Gasteiger partial charge is 0.336 e. The number of benzene rings is 1. The zero-order chi connectivity index (χ0) is 19.2. The molecule has 1 heterocycles. The predicted octanol–water partition coefficient (Wildman–Crippen LogP) is 4.30. The van der Waals surface area contributed by atoms with Gasteiger partial charge in [0.05, 0.1) is 0 Å². The van der Waals surface area contributed by atoms with Crippen LogP contribution in [0.2, 0.25) is 0 Å². The van der Waals surface area contributed by atoms with Crippen LogP contribution in [0.3, 0.4) is 0 Å². The molecule has 27 heavy (non-hydrogen) atoms. The van der Waals surface area contributed by atoms with E-state index >= 15 is 0 Å². The topological polar surface area (TPSA) is 68.5 Å². The third-order valence-corrected chi connectivity index (χ3v) is 4.89. The normalized spacial score (nSPS) is 14.3. The average molecular weight is 369 g/mol. The molecule has 1 amide bonds. The Balaban J connectivity index is 1.56. The number of hydrogen-bond acceptors (Lipinski definition) is 4. The van der Waals surface area contributed by atoms with Gasteiger partial charge in [0.25, 0.3) is 5.91 Å². The molecule has 2 aromatic rings. The third-order valence-electron chi connectivity index (χ3n) is 4.89. The summed E-state index contributed by atoms with van der Waals surface area (Å²) in [6.45, 7) is 4.65. The van der Waals surface area contributed by atoms with Crippen molar-refractivity contribution < 1.29 is 13.9 Å². The molecular weight excluding hydrogens is 342 g/mol. The summed E-state index contributed by atoms with van der Waals surface area (Å²) in [7, 11) is 0. The van der Waals surface area contributed by atoms with Gasteiger partial charge in [-0.15, -0.1) is 0 Å². The van der Waals surface area contributed by atoms with Crippen molar-refractivity contribution in [2.45, 2.75) is 51.9 Å². The van der Waals surface area contributed by atoms with Gasteiger partial charge in [-0.05, 0) is 55.7 Å². The van der Waals surface area contributed by atoms with Gasteiger partial charge in [-0.3, -0.25) is 4.79 Å². The molecule has 5 heteroatoms. The summed E-state index contributed by atoms with van der Waals surface area (Å²) in [5, 5.41) is 3.78. The van der Waals surface area contributed by atoms with E-state index in [-0.39, 0.29) is 24.1 Å². The van der Waals surface area contributed by atoms with E-state index in [1.165, 1.54) is 24.5 Å². The van der Waals surface area contributed by atoms with Gasteiger partial charge in [0.2, 0.25) is 0 Å². The number of amides is 1. The van der Waals surface area contributed by atoms with Gasteiger partial charge in [-0.1, -0.05) is 25.5 Å². The van der Waals surface area contributed by atoms with Crippen LogP contribution in [0.5, 0.6) is 5.75 Å². The van der Waals surface area contributed by atoms with Crippen LogP contribution >= 0.6 is 0 Å². The maximum absolute atomic E-state index is 12.0. The first kappa shape index (κ1) is 19.2. The lowest BCUT2D eigenvalue weighted by molar-refractivity contribution is -0.123. The molecule has 3 rings (SSSR count). The van der Waals surface area contributed by atoms with Gasteiger partial charge < -0.3 is 14.5 Å². The zero-order valence-electron chi connectivity index (χ0n) is 16.0. The number of ether oxygens (including phenoxy) is 1. The number of allylic oxidation sites excluding steroid dienone is 1. The summed E-state index contributed by atoms with van der Waals surface area (Å²) in [5.74, 6) is 0.578. The largest absolute Gasteiger partial charge is 0.484 e. The Bertz CT molecular complexity index is 895. The molecule has 144 valence electrons. The minimum absolute atomic E-state index is 0.0569. The molecule has 0 aliphatic heterocycles. The van der Waals surface area contributed by atoms with Crippen molar-refractivity contribution in [3.63, 3.8) is 0 Å². The summed E-state index contributed by atoms with van der Waals surface area (Å²) >= 11 is 0. The molecule has 0 bridgehead atoms. The SMILES string of the molecule is CC(C)c1cc(=O)oc2cc(OCC(=O)NCCC3=CCCCC3)ccc12. The van der Waals surface area contributed by atoms with E-state index in [1.807, 2.05) is 19.9 Å². The van der Waals surface area contributed by atoms with E-state index < -0.39 is 0 Å². The number of rotatable bonds is 7. The molecule has 0 radical (unpaired) electrons. The molecule has 0 unspecified atom stereocenters. The second-order valence-corrected chi connectivity index (χ2v) is 7.33. The maximum Gasteiger partial charge on any atom is 0.336 e. The predicted molar refractivity (Wildman–Crippen MR) is 106 cm³/mol. The Hall–Kier alpha value is -2.56. The second-order valence-electron chi connectivity index (χ2n) is 7.33. The zero-order valence-corrected chi connectivity index (χ0v) is 16.0. The van der Waals surface area contributed by atoms with Crippen molar-refractivity contribution in [2.24, 2.45) is 0 Å². The molecule has 1 aromatic carbocycles. The van der Waals surface area contributed by atoms with Crippen molar-refractivity contribution in [1.82, 2.24) is 5.32 Å². The van der Waals surface area contributed by atoms with E-state index in [4.69, 9.17) is 9.15 Å². The molecule has 1 N–H and O–H groups in total. The number of carbonyl (C=O) groups excluding carboxylic acids is 1. The quantitative estimate of drug-likeness (QED) is 0.583. The summed E-state index contributed by atoms with van der Waals surface area (Å²) in [6.07, 6.45) is 8.02. The third kappa shape index (κ3) is 5.22. The molecular formula is C22H27NO4. The van der Waals surface area contributed by atoms with Gasteiger partial charge >= 0.3 is 5.63 Å². The summed E-state index contributed by atoms with van der Waals surface area (Å²) in [6, 6.07) is 6.87. The van der Waals surface area contributed by atoms with Crippen LogP contribution in [-0.4, -0.2) is 19.1 Å². The van der Waals surface area contributed by atoms with Crippen LogP contribution in [0.15, 0.2) is 45.1 Å². The minimum Gasteiger partial charge on any atom is -0.484 e. The fraction of sp³-hybridized carbons (Fsp3) is 0.455. The van der Waals surface area contributed by atoms with Crippen molar-refractivity contribution in [1.29, 1.82) is 0 Å². The van der Waals surface area contributed by atoms with Gasteiger partial charge in [0.15, 0.2) is 6.61 Å². The lowest BCUT2D eigenvalue weighted by Crippen LogP contribution is -2.30. The summed E-state index contributed by atoms with van der Waals surface area (Å²) < 4.78 is 10.9. The first-order valence-electron chi connectivity index (χ1n) is 9.68. The highest BCUT2D eigenvalue weighted by atomic mass is 16.5. The standard InChI is InChI=1S/C22H27NO4/c1-15(2)19-13-22(25)27-20-12-17(8-9-18(19)20)26-14-21(24)23-11-10-16-6-4-3-5-7-16/h6,8-9,12-13,15H,3-5,7,10-11,14H2,1-2H3,(H,23,24). The molecule has 0 spiro atoms. The van der Waals surface area contributed by atoms with Crippen LogP contribution in [0, 0.1) is 0 Å². The van der Waals surface area contributed by atoms with Crippen LogP contribution in [0.1, 0.15) is 57.4 Å². The molecule has 1 aromatic heterocycles. The highest BCUT2D eigenvalue weighted by Crippen LogP contribution is 2.27. The molecule has 5 nitrogen and oxygen atoms in total. The van der Waals surface area contributed by atoms with E-state index in [1.54, 1.807) is 12.1 Å². The maximum atomic E-state index is 12.0. The summed E-state index contributed by atoms with van der Waals surface area (Å²) in [5.41, 5.74) is 2.49. The Kier molecular flexibility index (Phi) is 6.32. The monoisotopic (exact) mass is 369 g/mol. The molecule has 0 atom stereocenters. The fourth-order valence-electron chi connectivity index (χ4n) is 3.43. The molecule has 0 fully saturated rings. The van der Waals surface area contributed by atoms with Crippen molar-refractivity contribution >= 4 is 16.9 Å². The van der Waals surface area contributed by atoms with Crippen molar-refractivity contribution in [3.05, 3.63) is 51.9 Å². The second kappa shape index (κ2) is 8.89. The number of hydrogen-bond donors (Lipinski definition) is 1. The van der Waals surface area contributed by atoms with Crippen LogP contribution in [-0.2, 0) is 4.79 Å². The van der Waals surface area contributed by atoms with E-state index in [2.05, 4.69) is 11.4 Å². The number of carbonyl (C=O) groups is 1. The Morgan fingerprint density at radius 1 is 1.26 bits per heavy atom. The molecule has 1 aliphatic carbocycles. The highest BCUT2D eigenvalue weighted by molar-refractivity contribution is 5.82. The van der Waals surface area contributed by atoms with Crippen molar-refractivity contribution in [2.75, 3.05) is 13.2 Å². The first-order valence-corrected chi connectivity index (χ1v) is 9.68. The summed E-state index contributed by atoms with van der Waals surface area (Å²) in [4.78, 5) is 23.7. The van der Waals surface area contributed by atoms with Gasteiger partial charge in [0.1, 0.15) is 11.3 Å². The Morgan fingerprint density at radius 2 is 2.11 bits per heavy atom. The average Bonchev–Trinajstić information content (AvgIpc) is 2.66. The van der Waals surface area contributed by atoms with Crippen LogP contribution in [0.4, 0.5) is 0 Å².